The maximum absolute atomic E-state index is 13.1. The molecule has 0 spiro atoms. The van der Waals surface area contributed by atoms with Crippen molar-refractivity contribution in [3.63, 3.8) is 0 Å². The number of hydrogen-bond donors (Lipinski definition) is 2. The highest BCUT2D eigenvalue weighted by molar-refractivity contribution is 7.99. The first kappa shape index (κ1) is 21.9. The number of nitrogens with one attached hydrogen (secondary N) is 2. The van der Waals surface area contributed by atoms with Crippen LogP contribution in [-0.2, 0) is 11.3 Å². The van der Waals surface area contributed by atoms with Gasteiger partial charge in [0.2, 0.25) is 5.91 Å². The zero-order chi connectivity index (χ0) is 23.5. The van der Waals surface area contributed by atoms with Crippen molar-refractivity contribution in [1.29, 1.82) is 0 Å². The van der Waals surface area contributed by atoms with Gasteiger partial charge >= 0.3 is 0 Å². The number of rotatable bonds is 7. The Hall–Kier alpha value is -3.91. The summed E-state index contributed by atoms with van der Waals surface area (Å²) in [5, 5.41) is 13.5. The van der Waals surface area contributed by atoms with Gasteiger partial charge in [-0.2, -0.15) is 0 Å². The molecule has 0 radical (unpaired) electrons. The molecule has 5 rings (SSSR count). The van der Waals surface area contributed by atoms with Gasteiger partial charge in [0.05, 0.1) is 5.75 Å². The van der Waals surface area contributed by atoms with E-state index in [1.807, 2.05) is 60.2 Å². The van der Waals surface area contributed by atoms with E-state index < -0.39 is 0 Å². The van der Waals surface area contributed by atoms with Crippen molar-refractivity contribution in [1.82, 2.24) is 25.1 Å². The van der Waals surface area contributed by atoms with Gasteiger partial charge in [-0.15, -0.1) is 10.2 Å². The van der Waals surface area contributed by atoms with Gasteiger partial charge in [0.1, 0.15) is 5.82 Å². The summed E-state index contributed by atoms with van der Waals surface area (Å²) in [7, 11) is 0. The van der Waals surface area contributed by atoms with Crippen molar-refractivity contribution < 1.29 is 9.18 Å². The molecule has 170 valence electrons. The predicted molar refractivity (Wildman–Crippen MR) is 132 cm³/mol. The molecule has 0 aliphatic heterocycles. The van der Waals surface area contributed by atoms with E-state index in [0.717, 1.165) is 33.3 Å². The van der Waals surface area contributed by atoms with Gasteiger partial charge < -0.3 is 10.3 Å². The molecular formula is C26H22FN5OS. The Morgan fingerprint density at radius 1 is 1.06 bits per heavy atom. The molecule has 0 bridgehead atoms. The molecule has 3 aromatic carbocycles. The first-order chi connectivity index (χ1) is 16.6. The number of fused-ring (bicyclic) bond motifs is 1. The molecule has 34 heavy (non-hydrogen) atoms. The molecule has 0 fully saturated rings. The number of aryl methyl sites for hydroxylation is 1. The smallest absolute Gasteiger partial charge is 0.230 e. The summed E-state index contributed by atoms with van der Waals surface area (Å²) >= 11 is 1.32. The molecule has 5 aromatic rings. The first-order valence-electron chi connectivity index (χ1n) is 10.8. The standard InChI is InChI=1S/C26H22FN5OS/c1-17-5-4-6-20(13-17)32-25(22-15-28-23-8-3-2-7-21(22)23)30-31-26(32)34-16-24(33)29-14-18-9-11-19(27)12-10-18/h2-13,15,28H,14,16H2,1H3,(H,29,33). The molecule has 2 N–H and O–H groups in total. The number of aromatic nitrogens is 4. The highest BCUT2D eigenvalue weighted by Crippen LogP contribution is 2.32. The number of H-pyrrole nitrogens is 1. The largest absolute Gasteiger partial charge is 0.360 e. The van der Waals surface area contributed by atoms with Crippen LogP contribution >= 0.6 is 11.8 Å². The molecule has 2 heterocycles. The summed E-state index contributed by atoms with van der Waals surface area (Å²) in [6, 6.07) is 22.2. The average molecular weight is 472 g/mol. The third-order valence-electron chi connectivity index (χ3n) is 5.46. The van der Waals surface area contributed by atoms with Gasteiger partial charge in [-0.3, -0.25) is 9.36 Å². The van der Waals surface area contributed by atoms with Gasteiger partial charge in [0.15, 0.2) is 11.0 Å². The number of carbonyl (C=O) groups excluding carboxylic acids is 1. The Labute approximate surface area is 200 Å². The predicted octanol–water partition coefficient (Wildman–Crippen LogP) is 5.27. The fraction of sp³-hybridized carbons (Fsp3) is 0.115. The highest BCUT2D eigenvalue weighted by Gasteiger charge is 2.19. The van der Waals surface area contributed by atoms with Crippen molar-refractivity contribution in [3.8, 4) is 17.1 Å². The summed E-state index contributed by atoms with van der Waals surface area (Å²) in [5.74, 6) is 0.449. The number of thioether (sulfide) groups is 1. The van der Waals surface area contributed by atoms with Crippen molar-refractivity contribution in [3.05, 3.63) is 95.9 Å². The number of halogens is 1. The molecule has 0 saturated carbocycles. The van der Waals surface area contributed by atoms with Gasteiger partial charge in [-0.05, 0) is 48.4 Å². The van der Waals surface area contributed by atoms with Crippen LogP contribution in [0.4, 0.5) is 4.39 Å². The molecule has 6 nitrogen and oxygen atoms in total. The lowest BCUT2D eigenvalue weighted by Gasteiger charge is -2.11. The lowest BCUT2D eigenvalue weighted by molar-refractivity contribution is -0.118. The van der Waals surface area contributed by atoms with Crippen molar-refractivity contribution in [2.24, 2.45) is 0 Å². The molecule has 0 aliphatic carbocycles. The second-order valence-corrected chi connectivity index (χ2v) is 8.86. The number of carbonyl (C=O) groups is 1. The highest BCUT2D eigenvalue weighted by atomic mass is 32.2. The Kier molecular flexibility index (Phi) is 6.14. The SMILES string of the molecule is Cc1cccc(-n2c(SCC(=O)NCc3ccc(F)cc3)nnc2-c2c[nH]c3ccccc23)c1. The molecule has 8 heteroatoms. The van der Waals surface area contributed by atoms with Crippen LogP contribution in [0.2, 0.25) is 0 Å². The molecule has 0 saturated heterocycles. The normalized spacial score (nSPS) is 11.1. The quantitative estimate of drug-likeness (QED) is 0.317. The first-order valence-corrected chi connectivity index (χ1v) is 11.8. The van der Waals surface area contributed by atoms with Gasteiger partial charge in [0, 0.05) is 34.9 Å². The van der Waals surface area contributed by atoms with E-state index in [-0.39, 0.29) is 17.5 Å². The molecule has 0 aliphatic rings. The minimum Gasteiger partial charge on any atom is -0.360 e. The molecule has 1 amide bonds. The van der Waals surface area contributed by atoms with Crippen molar-refractivity contribution in [2.45, 2.75) is 18.6 Å². The number of hydrogen-bond acceptors (Lipinski definition) is 4. The van der Waals surface area contributed by atoms with E-state index in [2.05, 4.69) is 26.6 Å². The third-order valence-corrected chi connectivity index (χ3v) is 6.39. The third kappa shape index (κ3) is 4.58. The fourth-order valence-electron chi connectivity index (χ4n) is 3.78. The Balaban J connectivity index is 1.41. The summed E-state index contributed by atoms with van der Waals surface area (Å²) in [5.41, 5.74) is 4.84. The van der Waals surface area contributed by atoms with Crippen LogP contribution < -0.4 is 5.32 Å². The summed E-state index contributed by atoms with van der Waals surface area (Å²) in [4.78, 5) is 15.8. The van der Waals surface area contributed by atoms with E-state index >= 15 is 0 Å². The number of nitrogens with zero attached hydrogens (tertiary/aromatic N) is 3. The van der Waals surface area contributed by atoms with E-state index in [0.29, 0.717) is 17.5 Å². The lowest BCUT2D eigenvalue weighted by atomic mass is 10.1. The van der Waals surface area contributed by atoms with Crippen LogP contribution in [0.3, 0.4) is 0 Å². The van der Waals surface area contributed by atoms with Gasteiger partial charge in [-0.1, -0.05) is 54.2 Å². The van der Waals surface area contributed by atoms with Gasteiger partial charge in [-0.25, -0.2) is 4.39 Å². The topological polar surface area (TPSA) is 75.6 Å². The minimum atomic E-state index is -0.299. The molecule has 0 atom stereocenters. The summed E-state index contributed by atoms with van der Waals surface area (Å²) in [6.45, 7) is 2.37. The van der Waals surface area contributed by atoms with E-state index in [1.54, 1.807) is 12.1 Å². The second-order valence-electron chi connectivity index (χ2n) is 7.92. The van der Waals surface area contributed by atoms with Gasteiger partial charge in [0.25, 0.3) is 0 Å². The summed E-state index contributed by atoms with van der Waals surface area (Å²) < 4.78 is 15.1. The van der Waals surface area contributed by atoms with Crippen LogP contribution in [-0.4, -0.2) is 31.4 Å². The fourth-order valence-corrected chi connectivity index (χ4v) is 4.56. The number of benzene rings is 3. The Morgan fingerprint density at radius 2 is 1.88 bits per heavy atom. The van der Waals surface area contributed by atoms with Crippen LogP contribution in [0.15, 0.2) is 84.1 Å². The average Bonchev–Trinajstić information content (AvgIpc) is 3.46. The Morgan fingerprint density at radius 3 is 2.71 bits per heavy atom. The van der Waals surface area contributed by atoms with Crippen molar-refractivity contribution in [2.75, 3.05) is 5.75 Å². The zero-order valence-corrected chi connectivity index (χ0v) is 19.3. The molecule has 0 unspecified atom stereocenters. The van der Waals surface area contributed by atoms with E-state index in [4.69, 9.17) is 0 Å². The number of para-hydroxylation sites is 1. The van der Waals surface area contributed by atoms with Crippen LogP contribution in [0.1, 0.15) is 11.1 Å². The van der Waals surface area contributed by atoms with Crippen LogP contribution in [0.25, 0.3) is 28.0 Å². The number of aromatic amines is 1. The molecular weight excluding hydrogens is 449 g/mol. The zero-order valence-electron chi connectivity index (χ0n) is 18.5. The number of amides is 1. The lowest BCUT2D eigenvalue weighted by Crippen LogP contribution is -2.24. The monoisotopic (exact) mass is 471 g/mol. The summed E-state index contributed by atoms with van der Waals surface area (Å²) in [6.07, 6.45) is 1.94. The maximum Gasteiger partial charge on any atom is 0.230 e. The maximum atomic E-state index is 13.1. The van der Waals surface area contributed by atoms with Crippen LogP contribution in [0, 0.1) is 12.7 Å². The van der Waals surface area contributed by atoms with Crippen molar-refractivity contribution >= 4 is 28.6 Å². The van der Waals surface area contributed by atoms with Crippen LogP contribution in [0.5, 0.6) is 0 Å². The van der Waals surface area contributed by atoms with E-state index in [1.165, 1.54) is 23.9 Å². The minimum absolute atomic E-state index is 0.137. The van der Waals surface area contributed by atoms with E-state index in [9.17, 15) is 9.18 Å². The molecule has 2 aromatic heterocycles. The Bertz CT molecular complexity index is 1460. The second kappa shape index (κ2) is 9.52.